The highest BCUT2D eigenvalue weighted by atomic mass is 16.4. The Morgan fingerprint density at radius 2 is 2.00 bits per heavy atom. The maximum Gasteiger partial charge on any atom is 0.340 e. The van der Waals surface area contributed by atoms with E-state index in [1.165, 1.54) is 0 Å². The Hall–Kier alpha value is -1.82. The van der Waals surface area contributed by atoms with E-state index in [-0.39, 0.29) is 5.56 Å². The number of aliphatic carboxylic acids is 1. The molecule has 6 heteroatoms. The summed E-state index contributed by atoms with van der Waals surface area (Å²) in [4.78, 5) is 20.7. The molecule has 3 N–H and O–H groups in total. The maximum absolute atomic E-state index is 10.4. The normalized spacial score (nSPS) is 12.4. The zero-order valence-electron chi connectivity index (χ0n) is 6.30. The number of carbonyl (C=O) groups is 2. The summed E-state index contributed by atoms with van der Waals surface area (Å²) in [5.41, 5.74) is -0.352. The van der Waals surface area contributed by atoms with Gasteiger partial charge in [0.15, 0.2) is 5.76 Å². The Labute approximate surface area is 72.0 Å². The third kappa shape index (κ3) is 1.67. The van der Waals surface area contributed by atoms with Crippen LogP contribution in [0.1, 0.15) is 22.2 Å². The maximum atomic E-state index is 10.4. The molecule has 0 amide bonds. The van der Waals surface area contributed by atoms with Crippen LogP contribution in [0, 0.1) is 0 Å². The fourth-order valence-corrected chi connectivity index (χ4v) is 0.822. The third-order valence-corrected chi connectivity index (χ3v) is 1.41. The number of aliphatic hydroxyl groups is 1. The van der Waals surface area contributed by atoms with Gasteiger partial charge in [0.25, 0.3) is 0 Å². The Morgan fingerprint density at radius 1 is 1.38 bits per heavy atom. The van der Waals surface area contributed by atoms with Gasteiger partial charge in [-0.2, -0.15) is 0 Å². The Bertz CT molecular complexity index is 339. The lowest BCUT2D eigenvalue weighted by atomic mass is 10.2. The van der Waals surface area contributed by atoms with Crippen LogP contribution in [0.2, 0.25) is 0 Å². The van der Waals surface area contributed by atoms with Crippen LogP contribution < -0.4 is 0 Å². The second kappa shape index (κ2) is 3.28. The highest BCUT2D eigenvalue weighted by Gasteiger charge is 2.25. The van der Waals surface area contributed by atoms with Crippen LogP contribution in [0.25, 0.3) is 0 Å². The van der Waals surface area contributed by atoms with E-state index in [2.05, 4.69) is 4.42 Å². The summed E-state index contributed by atoms with van der Waals surface area (Å²) in [5, 5.41) is 25.8. The lowest BCUT2D eigenvalue weighted by Gasteiger charge is -2.01. The predicted molar refractivity (Wildman–Crippen MR) is 38.3 cm³/mol. The van der Waals surface area contributed by atoms with Crippen LogP contribution in [-0.4, -0.2) is 27.3 Å². The van der Waals surface area contributed by atoms with Gasteiger partial charge >= 0.3 is 11.9 Å². The van der Waals surface area contributed by atoms with Gasteiger partial charge in [-0.15, -0.1) is 0 Å². The second-order valence-electron chi connectivity index (χ2n) is 2.24. The molecule has 1 unspecified atom stereocenters. The van der Waals surface area contributed by atoms with Gasteiger partial charge in [0.05, 0.1) is 6.26 Å². The standard InChI is InChI=1S/C7H6O6/c8-4(7(11)12)5-3(6(9)10)1-2-13-5/h1-2,4,8H,(H,9,10)(H,11,12). The van der Waals surface area contributed by atoms with E-state index >= 15 is 0 Å². The van der Waals surface area contributed by atoms with Crippen molar-refractivity contribution in [2.75, 3.05) is 0 Å². The Kier molecular flexibility index (Phi) is 2.34. The first-order chi connectivity index (χ1) is 6.04. The average molecular weight is 186 g/mol. The molecule has 0 saturated carbocycles. The van der Waals surface area contributed by atoms with E-state index in [9.17, 15) is 9.59 Å². The molecule has 0 aliphatic heterocycles. The van der Waals surface area contributed by atoms with Crippen LogP contribution in [-0.2, 0) is 4.79 Å². The van der Waals surface area contributed by atoms with E-state index in [1.54, 1.807) is 0 Å². The fraction of sp³-hybridized carbons (Fsp3) is 0.143. The molecular formula is C7H6O6. The van der Waals surface area contributed by atoms with Crippen molar-refractivity contribution in [3.8, 4) is 0 Å². The van der Waals surface area contributed by atoms with Crippen molar-refractivity contribution < 1.29 is 29.3 Å². The monoisotopic (exact) mass is 186 g/mol. The van der Waals surface area contributed by atoms with Gasteiger partial charge in [-0.1, -0.05) is 0 Å². The summed E-state index contributed by atoms with van der Waals surface area (Å²) in [6.07, 6.45) is -0.939. The van der Waals surface area contributed by atoms with Crippen LogP contribution >= 0.6 is 0 Å². The highest BCUT2D eigenvalue weighted by Crippen LogP contribution is 2.19. The zero-order valence-corrected chi connectivity index (χ0v) is 6.30. The molecule has 0 saturated heterocycles. The van der Waals surface area contributed by atoms with Crippen LogP contribution in [0.3, 0.4) is 0 Å². The number of hydrogen-bond donors (Lipinski definition) is 3. The highest BCUT2D eigenvalue weighted by molar-refractivity contribution is 5.90. The van der Waals surface area contributed by atoms with Crippen molar-refractivity contribution in [1.29, 1.82) is 0 Å². The van der Waals surface area contributed by atoms with Gasteiger partial charge in [0.2, 0.25) is 6.10 Å². The lowest BCUT2D eigenvalue weighted by molar-refractivity contribution is -0.147. The second-order valence-corrected chi connectivity index (χ2v) is 2.24. The molecule has 1 aromatic rings. The summed E-state index contributed by atoms with van der Waals surface area (Å²) < 4.78 is 4.54. The molecule has 6 nitrogen and oxygen atoms in total. The van der Waals surface area contributed by atoms with Gasteiger partial charge in [-0.25, -0.2) is 9.59 Å². The van der Waals surface area contributed by atoms with Crippen molar-refractivity contribution in [1.82, 2.24) is 0 Å². The molecule has 1 rings (SSSR count). The SMILES string of the molecule is O=C(O)c1ccoc1C(O)C(=O)O. The van der Waals surface area contributed by atoms with Crippen molar-refractivity contribution >= 4 is 11.9 Å². The first kappa shape index (κ1) is 9.27. The first-order valence-electron chi connectivity index (χ1n) is 3.25. The molecule has 0 spiro atoms. The largest absolute Gasteiger partial charge is 0.479 e. The summed E-state index contributed by atoms with van der Waals surface area (Å²) in [6, 6.07) is 1.07. The van der Waals surface area contributed by atoms with E-state index < -0.39 is 23.8 Å². The molecule has 13 heavy (non-hydrogen) atoms. The number of aliphatic hydroxyl groups excluding tert-OH is 1. The molecule has 0 fully saturated rings. The number of carboxylic acids is 2. The van der Waals surface area contributed by atoms with Gasteiger partial charge in [-0.05, 0) is 6.07 Å². The Balaban J connectivity index is 3.07. The van der Waals surface area contributed by atoms with E-state index in [0.717, 1.165) is 12.3 Å². The smallest absolute Gasteiger partial charge is 0.340 e. The quantitative estimate of drug-likeness (QED) is 0.617. The van der Waals surface area contributed by atoms with Gasteiger partial charge in [0.1, 0.15) is 5.56 Å². The first-order valence-corrected chi connectivity index (χ1v) is 3.25. The predicted octanol–water partition coefficient (Wildman–Crippen LogP) is 0.0958. The minimum absolute atomic E-state index is 0.352. The average Bonchev–Trinajstić information content (AvgIpc) is 2.50. The van der Waals surface area contributed by atoms with E-state index in [4.69, 9.17) is 15.3 Å². The number of aromatic carboxylic acids is 1. The van der Waals surface area contributed by atoms with E-state index in [0.29, 0.717) is 0 Å². The molecule has 70 valence electrons. The number of rotatable bonds is 3. The topological polar surface area (TPSA) is 108 Å². The van der Waals surface area contributed by atoms with Crippen molar-refractivity contribution in [2.45, 2.75) is 6.10 Å². The zero-order chi connectivity index (χ0) is 10.0. The van der Waals surface area contributed by atoms with Gasteiger partial charge < -0.3 is 19.7 Å². The van der Waals surface area contributed by atoms with Crippen LogP contribution in [0.4, 0.5) is 0 Å². The molecular weight excluding hydrogens is 180 g/mol. The molecule has 0 bridgehead atoms. The molecule has 1 atom stereocenters. The summed E-state index contributed by atoms with van der Waals surface area (Å²) in [7, 11) is 0. The minimum atomic E-state index is -1.94. The summed E-state index contributed by atoms with van der Waals surface area (Å²) in [5.74, 6) is -3.37. The van der Waals surface area contributed by atoms with Crippen molar-refractivity contribution in [2.24, 2.45) is 0 Å². The number of furan rings is 1. The molecule has 0 aliphatic rings. The molecule has 1 aromatic heterocycles. The van der Waals surface area contributed by atoms with E-state index in [1.807, 2.05) is 0 Å². The molecule has 0 aromatic carbocycles. The molecule has 0 aliphatic carbocycles. The van der Waals surface area contributed by atoms with Crippen molar-refractivity contribution in [3.63, 3.8) is 0 Å². The van der Waals surface area contributed by atoms with Gasteiger partial charge in [-0.3, -0.25) is 0 Å². The number of hydrogen-bond acceptors (Lipinski definition) is 4. The summed E-state index contributed by atoms with van der Waals surface area (Å²) in [6.45, 7) is 0. The minimum Gasteiger partial charge on any atom is -0.479 e. The fourth-order valence-electron chi connectivity index (χ4n) is 0.822. The van der Waals surface area contributed by atoms with Crippen LogP contribution in [0.5, 0.6) is 0 Å². The lowest BCUT2D eigenvalue weighted by Crippen LogP contribution is -2.13. The van der Waals surface area contributed by atoms with Crippen molar-refractivity contribution in [3.05, 3.63) is 23.7 Å². The van der Waals surface area contributed by atoms with Crippen LogP contribution in [0.15, 0.2) is 16.7 Å². The third-order valence-electron chi connectivity index (χ3n) is 1.41. The summed E-state index contributed by atoms with van der Waals surface area (Å²) >= 11 is 0. The number of carboxylic acid groups (broad SMARTS) is 2. The Morgan fingerprint density at radius 3 is 2.46 bits per heavy atom. The molecule has 1 heterocycles. The molecule has 0 radical (unpaired) electrons. The van der Waals surface area contributed by atoms with Gasteiger partial charge in [0, 0.05) is 0 Å².